The highest BCUT2D eigenvalue weighted by molar-refractivity contribution is 6.12. The minimum atomic E-state index is -1.04. The topological polar surface area (TPSA) is 180 Å². The second-order valence-electron chi connectivity index (χ2n) is 14.8. The number of halogens is 2. The molecule has 1 aromatic heterocycles. The average Bonchev–Trinajstić information content (AvgIpc) is 3.86. The molecule has 2 aromatic carbocycles. The van der Waals surface area contributed by atoms with Crippen molar-refractivity contribution in [2.24, 2.45) is 17.1 Å². The number of aliphatic hydroxyl groups is 1. The fraction of sp³-hybridized carbons (Fsp3) is 0.436. The second-order valence-corrected chi connectivity index (χ2v) is 14.8. The van der Waals surface area contributed by atoms with Crippen molar-refractivity contribution in [3.05, 3.63) is 89.9 Å². The van der Waals surface area contributed by atoms with Crippen molar-refractivity contribution in [1.29, 1.82) is 0 Å². The number of hydrogen-bond donors (Lipinski definition) is 4. The van der Waals surface area contributed by atoms with Crippen LogP contribution in [0.4, 0.5) is 8.78 Å². The maximum atomic E-state index is 15.0. The monoisotopic (exact) mass is 747 g/mol. The van der Waals surface area contributed by atoms with Crippen LogP contribution in [0.25, 0.3) is 11.3 Å². The molecule has 1 aliphatic carbocycles. The van der Waals surface area contributed by atoms with Crippen molar-refractivity contribution in [2.75, 3.05) is 26.2 Å². The van der Waals surface area contributed by atoms with Crippen LogP contribution in [0.3, 0.4) is 0 Å². The number of hydrogen-bond acceptors (Lipinski definition) is 8. The summed E-state index contributed by atoms with van der Waals surface area (Å²) in [5, 5.41) is 15.8. The van der Waals surface area contributed by atoms with Crippen LogP contribution >= 0.6 is 0 Å². The van der Waals surface area contributed by atoms with E-state index >= 15 is 4.39 Å². The minimum Gasteiger partial charge on any atom is -0.387 e. The van der Waals surface area contributed by atoms with Gasteiger partial charge < -0.3 is 30.9 Å². The number of nitrogens with one attached hydrogen (secondary N) is 2. The van der Waals surface area contributed by atoms with Gasteiger partial charge in [-0.1, -0.05) is 51.1 Å². The van der Waals surface area contributed by atoms with Gasteiger partial charge in [0, 0.05) is 62.1 Å². The maximum absolute atomic E-state index is 15.0. The van der Waals surface area contributed by atoms with E-state index in [4.69, 9.17) is 10.7 Å². The lowest BCUT2D eigenvalue weighted by Gasteiger charge is -2.40. The molecule has 1 saturated carbocycles. The first-order chi connectivity index (χ1) is 25.7. The second kappa shape index (κ2) is 17.2. The summed E-state index contributed by atoms with van der Waals surface area (Å²) >= 11 is 0. The number of amides is 5. The number of imidazole rings is 1. The highest BCUT2D eigenvalue weighted by atomic mass is 19.1. The summed E-state index contributed by atoms with van der Waals surface area (Å²) in [5.74, 6) is -3.47. The molecule has 15 heteroatoms. The lowest BCUT2D eigenvalue weighted by Crippen LogP contribution is -2.49. The third-order valence-corrected chi connectivity index (χ3v) is 9.74. The van der Waals surface area contributed by atoms with E-state index in [-0.39, 0.29) is 55.2 Å². The van der Waals surface area contributed by atoms with E-state index in [1.54, 1.807) is 10.8 Å². The van der Waals surface area contributed by atoms with Crippen molar-refractivity contribution in [3.8, 4) is 11.3 Å². The minimum absolute atomic E-state index is 0.0222. The molecule has 5 rings (SSSR count). The van der Waals surface area contributed by atoms with Crippen LogP contribution in [0, 0.1) is 23.0 Å². The zero-order valence-electron chi connectivity index (χ0n) is 30.6. The maximum Gasteiger partial charge on any atom is 0.253 e. The first-order valence-corrected chi connectivity index (χ1v) is 18.0. The summed E-state index contributed by atoms with van der Waals surface area (Å²) in [6.07, 6.45) is 5.45. The largest absolute Gasteiger partial charge is 0.387 e. The highest BCUT2D eigenvalue weighted by Crippen LogP contribution is 2.39. The van der Waals surface area contributed by atoms with E-state index in [1.807, 2.05) is 51.1 Å². The van der Waals surface area contributed by atoms with Gasteiger partial charge in [0.05, 0.1) is 17.8 Å². The number of rotatable bonds is 15. The van der Waals surface area contributed by atoms with Gasteiger partial charge in [0.25, 0.3) is 11.8 Å². The Labute approximate surface area is 312 Å². The predicted molar refractivity (Wildman–Crippen MR) is 195 cm³/mol. The van der Waals surface area contributed by atoms with Gasteiger partial charge in [-0.15, -0.1) is 0 Å². The number of nitrogens with zero attached hydrogens (tertiary/aromatic N) is 4. The molecule has 0 bridgehead atoms. The number of carbonyl (C=O) groups is 5. The summed E-state index contributed by atoms with van der Waals surface area (Å²) in [5.41, 5.74) is 6.67. The van der Waals surface area contributed by atoms with Gasteiger partial charge >= 0.3 is 0 Å². The van der Waals surface area contributed by atoms with Gasteiger partial charge in [0.15, 0.2) is 0 Å². The Morgan fingerprint density at radius 2 is 1.76 bits per heavy atom. The average molecular weight is 748 g/mol. The molecule has 4 atom stereocenters. The highest BCUT2D eigenvalue weighted by Gasteiger charge is 2.39. The standard InChI is InChI=1S/C39H47F2N7O6/c1-39(2,3)35(36-45-31(28-20-26(40)10-12-29(28)41)22-46(36)21-24-7-5-4-6-8-24)48(34(52)23-49)17-15-30(42)38(54)44-27-11-9-25(19-27)37(53)43-16-18-47-32(50)13-14-33(47)51/h4-8,10,12-14,20,22,25,27,30,35,49H,9,11,15-19,21,23,42H2,1-3H3,(H,43,53)(H,44,54)/t25-,27-,30-,35-/m0/s1. The Morgan fingerprint density at radius 3 is 2.43 bits per heavy atom. The molecule has 0 radical (unpaired) electrons. The quantitative estimate of drug-likeness (QED) is 0.172. The molecule has 0 unspecified atom stereocenters. The van der Waals surface area contributed by atoms with Crippen LogP contribution in [0.1, 0.15) is 63.9 Å². The Morgan fingerprint density at radius 1 is 1.06 bits per heavy atom. The molecule has 0 saturated heterocycles. The van der Waals surface area contributed by atoms with Crippen molar-refractivity contribution in [2.45, 2.75) is 71.1 Å². The first kappa shape index (κ1) is 39.9. The summed E-state index contributed by atoms with van der Waals surface area (Å²) in [4.78, 5) is 70.2. The molecule has 5 N–H and O–H groups in total. The molecule has 1 aliphatic heterocycles. The van der Waals surface area contributed by atoms with E-state index in [1.165, 1.54) is 17.1 Å². The van der Waals surface area contributed by atoms with Crippen LogP contribution < -0.4 is 16.4 Å². The number of nitrogens with two attached hydrogens (primary N) is 1. The summed E-state index contributed by atoms with van der Waals surface area (Å²) in [6.45, 7) is 5.28. The smallest absolute Gasteiger partial charge is 0.253 e. The summed E-state index contributed by atoms with van der Waals surface area (Å²) in [6, 6.07) is 10.4. The van der Waals surface area contributed by atoms with Crippen molar-refractivity contribution in [1.82, 2.24) is 30.0 Å². The van der Waals surface area contributed by atoms with E-state index in [2.05, 4.69) is 10.6 Å². The SMILES string of the molecule is CC(C)(C)[C@H](c1nc(-c2cc(F)ccc2F)cn1Cc1ccccc1)N(CC[C@H](N)C(=O)N[C@H]1CC[C@H](C(=O)NCCN2C(=O)C=CC2=O)C1)C(=O)CO. The normalized spacial score (nSPS) is 18.2. The lowest BCUT2D eigenvalue weighted by molar-refractivity contribution is -0.140. The molecular formula is C39H47F2N7O6. The summed E-state index contributed by atoms with van der Waals surface area (Å²) < 4.78 is 31.1. The van der Waals surface area contributed by atoms with Crippen LogP contribution in [0.15, 0.2) is 66.9 Å². The van der Waals surface area contributed by atoms with E-state index in [0.717, 1.165) is 28.7 Å². The summed E-state index contributed by atoms with van der Waals surface area (Å²) in [7, 11) is 0. The number of carbonyl (C=O) groups excluding carboxylic acids is 5. The Balaban J connectivity index is 1.28. The predicted octanol–water partition coefficient (Wildman–Crippen LogP) is 2.83. The molecule has 2 heterocycles. The molecule has 2 aliphatic rings. The van der Waals surface area contributed by atoms with E-state index in [0.29, 0.717) is 31.6 Å². The third kappa shape index (κ3) is 9.63. The Hall–Kier alpha value is -5.28. The van der Waals surface area contributed by atoms with Crippen LogP contribution in [0.5, 0.6) is 0 Å². The first-order valence-electron chi connectivity index (χ1n) is 18.0. The van der Waals surface area contributed by atoms with Crippen molar-refractivity contribution < 1.29 is 37.9 Å². The molecule has 54 heavy (non-hydrogen) atoms. The number of imide groups is 1. The molecule has 0 spiro atoms. The number of benzene rings is 2. The lowest BCUT2D eigenvalue weighted by atomic mass is 9.84. The molecular weight excluding hydrogens is 700 g/mol. The zero-order chi connectivity index (χ0) is 39.2. The van der Waals surface area contributed by atoms with Crippen molar-refractivity contribution >= 4 is 29.5 Å². The fourth-order valence-corrected chi connectivity index (χ4v) is 7.02. The van der Waals surface area contributed by atoms with Gasteiger partial charge in [0.2, 0.25) is 17.7 Å². The van der Waals surface area contributed by atoms with Crippen LogP contribution in [-0.4, -0.2) is 92.3 Å². The van der Waals surface area contributed by atoms with Crippen LogP contribution in [-0.2, 0) is 30.5 Å². The molecule has 3 aromatic rings. The number of aliphatic hydroxyl groups excluding tert-OH is 1. The molecule has 288 valence electrons. The van der Waals surface area contributed by atoms with Crippen LogP contribution in [0.2, 0.25) is 0 Å². The van der Waals surface area contributed by atoms with Gasteiger partial charge in [-0.2, -0.15) is 0 Å². The van der Waals surface area contributed by atoms with E-state index < -0.39 is 59.4 Å². The Bertz CT molecular complexity index is 1880. The van der Waals surface area contributed by atoms with Crippen molar-refractivity contribution in [3.63, 3.8) is 0 Å². The Kier molecular flexibility index (Phi) is 12.7. The van der Waals surface area contributed by atoms with E-state index in [9.17, 15) is 33.5 Å². The van der Waals surface area contributed by atoms with Gasteiger partial charge in [-0.05, 0) is 54.9 Å². The van der Waals surface area contributed by atoms with Gasteiger partial charge in [0.1, 0.15) is 24.1 Å². The van der Waals surface area contributed by atoms with Gasteiger partial charge in [-0.3, -0.25) is 28.9 Å². The zero-order valence-corrected chi connectivity index (χ0v) is 30.6. The third-order valence-electron chi connectivity index (χ3n) is 9.74. The molecule has 1 fully saturated rings. The van der Waals surface area contributed by atoms with Gasteiger partial charge in [-0.25, -0.2) is 13.8 Å². The molecule has 5 amide bonds. The number of aromatic nitrogens is 2. The fourth-order valence-electron chi connectivity index (χ4n) is 7.02. The molecule has 13 nitrogen and oxygen atoms in total.